The van der Waals surface area contributed by atoms with E-state index in [-0.39, 0.29) is 5.75 Å². The molecule has 1 nitrogen and oxygen atoms in total. The SMILES string of the molecule is Cc1ccc(-c2ccc(-c3ccc(OC(F)(F)F)cc3)c(I)c2)c(I)c1I. The number of alkyl halides is 3. The molecule has 0 unspecified atom stereocenters. The van der Waals surface area contributed by atoms with Crippen molar-refractivity contribution >= 4 is 67.8 Å². The number of benzene rings is 3. The molecule has 0 radical (unpaired) electrons. The lowest BCUT2D eigenvalue weighted by atomic mass is 9.99. The minimum absolute atomic E-state index is 0.221. The second kappa shape index (κ2) is 8.44. The van der Waals surface area contributed by atoms with Crippen LogP contribution in [0.5, 0.6) is 5.75 Å². The van der Waals surface area contributed by atoms with Crippen LogP contribution in [0.1, 0.15) is 5.56 Å². The van der Waals surface area contributed by atoms with E-state index in [9.17, 15) is 13.2 Å². The van der Waals surface area contributed by atoms with E-state index in [1.807, 2.05) is 12.1 Å². The van der Waals surface area contributed by atoms with Crippen molar-refractivity contribution in [1.82, 2.24) is 0 Å². The Kier molecular flexibility index (Phi) is 6.61. The summed E-state index contributed by atoms with van der Waals surface area (Å²) < 4.78 is 44.3. The van der Waals surface area contributed by atoms with Gasteiger partial charge in [-0.25, -0.2) is 0 Å². The lowest BCUT2D eigenvalue weighted by molar-refractivity contribution is -0.274. The van der Waals surface area contributed by atoms with Crippen molar-refractivity contribution in [3.8, 4) is 28.0 Å². The number of ether oxygens (including phenoxy) is 1. The van der Waals surface area contributed by atoms with Gasteiger partial charge in [0.05, 0.1) is 0 Å². The van der Waals surface area contributed by atoms with Crippen molar-refractivity contribution in [2.24, 2.45) is 0 Å². The Balaban J connectivity index is 1.93. The fourth-order valence-corrected chi connectivity index (χ4v) is 4.84. The smallest absolute Gasteiger partial charge is 0.406 e. The monoisotopic (exact) mass is 706 g/mol. The summed E-state index contributed by atoms with van der Waals surface area (Å²) in [4.78, 5) is 0. The average Bonchev–Trinajstić information content (AvgIpc) is 2.59. The quantitative estimate of drug-likeness (QED) is 0.251. The molecule has 3 rings (SSSR count). The number of rotatable bonds is 3. The van der Waals surface area contributed by atoms with Gasteiger partial charge in [0.2, 0.25) is 0 Å². The average molecular weight is 706 g/mol. The highest BCUT2D eigenvalue weighted by Crippen LogP contribution is 2.35. The van der Waals surface area contributed by atoms with Crippen molar-refractivity contribution < 1.29 is 17.9 Å². The molecular formula is C20H12F3I3O. The maximum atomic E-state index is 12.3. The van der Waals surface area contributed by atoms with Crippen LogP contribution in [0, 0.1) is 17.6 Å². The summed E-state index contributed by atoms with van der Waals surface area (Å²) in [6, 6.07) is 16.3. The zero-order valence-electron chi connectivity index (χ0n) is 13.9. The summed E-state index contributed by atoms with van der Waals surface area (Å²) in [5.74, 6) is -0.221. The molecule has 0 heterocycles. The molecule has 0 atom stereocenters. The lowest BCUT2D eigenvalue weighted by Gasteiger charge is -2.13. The Bertz CT molecular complexity index is 983. The Morgan fingerprint density at radius 3 is 1.93 bits per heavy atom. The van der Waals surface area contributed by atoms with Gasteiger partial charge in [-0.2, -0.15) is 0 Å². The molecule has 0 saturated carbocycles. The molecule has 0 saturated heterocycles. The van der Waals surface area contributed by atoms with E-state index in [1.54, 1.807) is 12.1 Å². The highest BCUT2D eigenvalue weighted by Gasteiger charge is 2.31. The van der Waals surface area contributed by atoms with E-state index >= 15 is 0 Å². The van der Waals surface area contributed by atoms with Gasteiger partial charge in [0.25, 0.3) is 0 Å². The van der Waals surface area contributed by atoms with Gasteiger partial charge in [0.1, 0.15) is 5.75 Å². The summed E-state index contributed by atoms with van der Waals surface area (Å²) in [5.41, 5.74) is 5.34. The fraction of sp³-hybridized carbons (Fsp3) is 0.100. The summed E-state index contributed by atoms with van der Waals surface area (Å²) in [7, 11) is 0. The highest BCUT2D eigenvalue weighted by molar-refractivity contribution is 14.1. The third-order valence-electron chi connectivity index (χ3n) is 3.95. The molecule has 0 spiro atoms. The van der Waals surface area contributed by atoms with E-state index in [2.05, 4.69) is 97.6 Å². The molecule has 0 N–H and O–H groups in total. The third-order valence-corrected chi connectivity index (χ3v) is 8.39. The third kappa shape index (κ3) is 5.08. The van der Waals surface area contributed by atoms with E-state index in [4.69, 9.17) is 0 Å². The molecule has 3 aromatic rings. The minimum atomic E-state index is -4.68. The first-order chi connectivity index (χ1) is 12.7. The van der Waals surface area contributed by atoms with Crippen LogP contribution in [0.25, 0.3) is 22.3 Å². The second-order valence-corrected chi connectivity index (χ2v) is 9.14. The van der Waals surface area contributed by atoms with Crippen LogP contribution in [0.2, 0.25) is 0 Å². The van der Waals surface area contributed by atoms with E-state index in [0.29, 0.717) is 0 Å². The zero-order valence-corrected chi connectivity index (χ0v) is 20.3. The molecule has 0 amide bonds. The molecule has 0 fully saturated rings. The van der Waals surface area contributed by atoms with Gasteiger partial charge in [-0.1, -0.05) is 36.4 Å². The first-order valence-electron chi connectivity index (χ1n) is 7.76. The van der Waals surface area contributed by atoms with Gasteiger partial charge in [0, 0.05) is 10.7 Å². The standard InChI is InChI=1S/C20H12F3I3O/c1-11-2-8-16(19(26)18(11)25)13-5-9-15(17(24)10-13)12-3-6-14(7-4-12)27-20(21,22)23/h2-10H,1H3. The highest BCUT2D eigenvalue weighted by atomic mass is 127. The fourth-order valence-electron chi connectivity index (χ4n) is 2.62. The lowest BCUT2D eigenvalue weighted by Crippen LogP contribution is -2.16. The van der Waals surface area contributed by atoms with E-state index < -0.39 is 6.36 Å². The molecule has 0 aromatic heterocycles. The van der Waals surface area contributed by atoms with Gasteiger partial charge in [0.15, 0.2) is 0 Å². The number of hydrogen-bond donors (Lipinski definition) is 0. The summed E-state index contributed by atoms with van der Waals surface area (Å²) >= 11 is 6.98. The molecule has 0 aliphatic heterocycles. The van der Waals surface area contributed by atoms with Crippen LogP contribution in [-0.4, -0.2) is 6.36 Å². The Morgan fingerprint density at radius 2 is 1.33 bits per heavy atom. The van der Waals surface area contributed by atoms with Crippen molar-refractivity contribution in [2.45, 2.75) is 13.3 Å². The van der Waals surface area contributed by atoms with Crippen LogP contribution in [0.3, 0.4) is 0 Å². The van der Waals surface area contributed by atoms with Gasteiger partial charge < -0.3 is 4.74 Å². The molecule has 27 heavy (non-hydrogen) atoms. The van der Waals surface area contributed by atoms with Crippen LogP contribution in [0.15, 0.2) is 54.6 Å². The van der Waals surface area contributed by atoms with Crippen LogP contribution >= 0.6 is 67.8 Å². The van der Waals surface area contributed by atoms with Crippen LogP contribution in [0.4, 0.5) is 13.2 Å². The van der Waals surface area contributed by atoms with Gasteiger partial charge in [-0.05, 0) is 121 Å². The van der Waals surface area contributed by atoms with E-state index in [1.165, 1.54) is 30.4 Å². The molecule has 0 bridgehead atoms. The maximum Gasteiger partial charge on any atom is 0.573 e. The van der Waals surface area contributed by atoms with Crippen molar-refractivity contribution in [3.63, 3.8) is 0 Å². The molecule has 140 valence electrons. The molecule has 7 heteroatoms. The normalized spacial score (nSPS) is 11.5. The van der Waals surface area contributed by atoms with Gasteiger partial charge >= 0.3 is 6.36 Å². The predicted octanol–water partition coefficient (Wildman–Crippen LogP) is 8.04. The molecule has 0 aliphatic carbocycles. The predicted molar refractivity (Wildman–Crippen MR) is 127 cm³/mol. The minimum Gasteiger partial charge on any atom is -0.406 e. The second-order valence-electron chi connectivity index (χ2n) is 5.82. The van der Waals surface area contributed by atoms with Crippen LogP contribution < -0.4 is 4.74 Å². The largest absolute Gasteiger partial charge is 0.573 e. The Labute approximate surface area is 196 Å². The van der Waals surface area contributed by atoms with Gasteiger partial charge in [-0.15, -0.1) is 13.2 Å². The zero-order chi connectivity index (χ0) is 19.8. The summed E-state index contributed by atoms with van der Waals surface area (Å²) in [5, 5.41) is 0. The Morgan fingerprint density at radius 1 is 0.741 bits per heavy atom. The van der Waals surface area contributed by atoms with Crippen molar-refractivity contribution in [2.75, 3.05) is 0 Å². The topological polar surface area (TPSA) is 9.23 Å². The van der Waals surface area contributed by atoms with E-state index in [0.717, 1.165) is 20.3 Å². The summed E-state index contributed by atoms with van der Waals surface area (Å²) in [6.45, 7) is 2.09. The molecule has 0 aliphatic rings. The van der Waals surface area contributed by atoms with Crippen molar-refractivity contribution in [1.29, 1.82) is 0 Å². The maximum absolute atomic E-state index is 12.3. The first kappa shape index (κ1) is 21.2. The molecule has 3 aromatic carbocycles. The first-order valence-corrected chi connectivity index (χ1v) is 11.0. The summed E-state index contributed by atoms with van der Waals surface area (Å²) in [6.07, 6.45) is -4.68. The molecular weight excluding hydrogens is 694 g/mol. The number of hydrogen-bond acceptors (Lipinski definition) is 1. The van der Waals surface area contributed by atoms with Crippen LogP contribution in [-0.2, 0) is 0 Å². The Hall–Kier alpha value is -0.560. The number of halogens is 6. The van der Waals surface area contributed by atoms with Crippen molar-refractivity contribution in [3.05, 3.63) is 70.9 Å². The number of aryl methyl sites for hydroxylation is 1. The van der Waals surface area contributed by atoms with Gasteiger partial charge in [-0.3, -0.25) is 0 Å².